The van der Waals surface area contributed by atoms with Gasteiger partial charge in [0.1, 0.15) is 17.6 Å². The second kappa shape index (κ2) is 5.48. The quantitative estimate of drug-likeness (QED) is 0.594. The third-order valence-electron chi connectivity index (χ3n) is 7.55. The third kappa shape index (κ3) is 1.77. The van der Waals surface area contributed by atoms with Crippen LogP contribution in [-0.4, -0.2) is 36.9 Å². The molecule has 4 atom stereocenters. The van der Waals surface area contributed by atoms with Crippen molar-refractivity contribution >= 4 is 11.9 Å². The van der Waals surface area contributed by atoms with E-state index >= 15 is 0 Å². The summed E-state index contributed by atoms with van der Waals surface area (Å²) in [7, 11) is 1.40. The Kier molecular flexibility index (Phi) is 3.25. The van der Waals surface area contributed by atoms with Crippen LogP contribution in [0.15, 0.2) is 48.5 Å². The fourth-order valence-electron chi connectivity index (χ4n) is 6.40. The van der Waals surface area contributed by atoms with Crippen LogP contribution < -0.4 is 0 Å². The predicted octanol–water partition coefficient (Wildman–Crippen LogP) is 3.30. The SMILES string of the molecule is CC[C@@H]1OC(=O)[C@]2(C3(C(=O)OC)CC4c5ccccc5C3c3ccccc34)O[C@H]12. The van der Waals surface area contributed by atoms with Gasteiger partial charge in [0, 0.05) is 11.8 Å². The molecule has 29 heavy (non-hydrogen) atoms. The van der Waals surface area contributed by atoms with Gasteiger partial charge in [-0.2, -0.15) is 0 Å². The average Bonchev–Trinajstić information content (AvgIpc) is 3.47. The molecule has 0 radical (unpaired) electrons. The Morgan fingerprint density at radius 3 is 2.14 bits per heavy atom. The monoisotopic (exact) mass is 390 g/mol. The number of hydrogen-bond acceptors (Lipinski definition) is 5. The normalized spacial score (nSPS) is 37.9. The van der Waals surface area contributed by atoms with Crippen LogP contribution >= 0.6 is 0 Å². The molecular formula is C24H22O5. The summed E-state index contributed by atoms with van der Waals surface area (Å²) < 4.78 is 17.2. The van der Waals surface area contributed by atoms with Gasteiger partial charge in [-0.25, -0.2) is 4.79 Å². The minimum absolute atomic E-state index is 0.0131. The first kappa shape index (κ1) is 17.2. The number of cyclic esters (lactones) is 1. The largest absolute Gasteiger partial charge is 0.468 e. The number of esters is 2. The van der Waals surface area contributed by atoms with E-state index in [0.29, 0.717) is 12.8 Å². The summed E-state index contributed by atoms with van der Waals surface area (Å²) >= 11 is 0. The minimum atomic E-state index is -1.26. The zero-order valence-electron chi connectivity index (χ0n) is 16.4. The summed E-state index contributed by atoms with van der Waals surface area (Å²) in [5.41, 5.74) is 2.24. The molecule has 2 saturated heterocycles. The lowest BCUT2D eigenvalue weighted by atomic mass is 9.47. The molecule has 1 unspecified atom stereocenters. The van der Waals surface area contributed by atoms with Crippen molar-refractivity contribution in [2.24, 2.45) is 5.41 Å². The van der Waals surface area contributed by atoms with Crippen LogP contribution in [0, 0.1) is 5.41 Å². The van der Waals surface area contributed by atoms with Crippen molar-refractivity contribution in [2.45, 2.75) is 49.4 Å². The maximum atomic E-state index is 13.5. The fraction of sp³-hybridized carbons (Fsp3) is 0.417. The highest BCUT2D eigenvalue weighted by Gasteiger charge is 2.86. The second-order valence-electron chi connectivity index (χ2n) is 8.54. The van der Waals surface area contributed by atoms with Crippen LogP contribution in [0.1, 0.15) is 53.9 Å². The van der Waals surface area contributed by atoms with E-state index in [2.05, 4.69) is 24.3 Å². The van der Waals surface area contributed by atoms with Crippen LogP contribution in [0.2, 0.25) is 0 Å². The molecule has 2 aliphatic heterocycles. The van der Waals surface area contributed by atoms with E-state index in [-0.39, 0.29) is 23.9 Å². The summed E-state index contributed by atoms with van der Waals surface area (Å²) in [5.74, 6) is -1.09. The number of methoxy groups -OCH3 is 1. The molecule has 2 bridgehead atoms. The van der Waals surface area contributed by atoms with E-state index in [9.17, 15) is 9.59 Å². The fourth-order valence-corrected chi connectivity index (χ4v) is 6.40. The lowest BCUT2D eigenvalue weighted by Gasteiger charge is -2.52. The third-order valence-corrected chi connectivity index (χ3v) is 7.55. The topological polar surface area (TPSA) is 65.1 Å². The van der Waals surface area contributed by atoms with Gasteiger partial charge >= 0.3 is 11.9 Å². The number of rotatable bonds is 3. The Balaban J connectivity index is 1.65. The molecule has 0 N–H and O–H groups in total. The molecule has 2 heterocycles. The van der Waals surface area contributed by atoms with Crippen LogP contribution in [0.3, 0.4) is 0 Å². The number of hydrogen-bond donors (Lipinski definition) is 0. The van der Waals surface area contributed by atoms with Gasteiger partial charge in [0.2, 0.25) is 5.60 Å². The van der Waals surface area contributed by atoms with Crippen molar-refractivity contribution in [1.29, 1.82) is 0 Å². The lowest BCUT2D eigenvalue weighted by Crippen LogP contribution is -2.58. The molecule has 2 aromatic carbocycles. The molecule has 0 amide bonds. The highest BCUT2D eigenvalue weighted by Crippen LogP contribution is 2.72. The van der Waals surface area contributed by atoms with Crippen LogP contribution in [0.25, 0.3) is 0 Å². The molecule has 148 valence electrons. The zero-order valence-corrected chi connectivity index (χ0v) is 16.4. The van der Waals surface area contributed by atoms with Gasteiger partial charge in [-0.05, 0) is 35.1 Å². The Bertz CT molecular complexity index is 1010. The molecule has 0 aromatic heterocycles. The Morgan fingerprint density at radius 1 is 1.07 bits per heavy atom. The highest BCUT2D eigenvalue weighted by molar-refractivity contribution is 5.98. The standard InChI is InChI=1S/C24H22O5/c1-3-18-20-24(29-20,22(26)28-18)23(21(25)27-2)12-17-13-8-4-6-10-15(13)19(23)16-11-7-5-9-14(16)17/h4-11,17-20H,3,12H2,1-2H3/t17?,18-,19?,20+,23?,24+/m0/s1. The van der Waals surface area contributed by atoms with Crippen molar-refractivity contribution in [2.75, 3.05) is 7.11 Å². The molecule has 5 aliphatic rings. The van der Waals surface area contributed by atoms with Gasteiger partial charge in [-0.15, -0.1) is 0 Å². The molecule has 3 aliphatic carbocycles. The van der Waals surface area contributed by atoms with Gasteiger partial charge in [0.25, 0.3) is 0 Å². The maximum absolute atomic E-state index is 13.5. The van der Waals surface area contributed by atoms with Gasteiger partial charge in [-0.3, -0.25) is 4.79 Å². The van der Waals surface area contributed by atoms with Crippen LogP contribution in [-0.2, 0) is 23.8 Å². The summed E-state index contributed by atoms with van der Waals surface area (Å²) in [6.45, 7) is 1.97. The van der Waals surface area contributed by atoms with E-state index in [1.165, 1.54) is 18.2 Å². The summed E-state index contributed by atoms with van der Waals surface area (Å²) in [6, 6.07) is 16.5. The number of epoxide rings is 1. The van der Waals surface area contributed by atoms with E-state index in [0.717, 1.165) is 11.1 Å². The van der Waals surface area contributed by atoms with E-state index in [1.807, 2.05) is 31.2 Å². The van der Waals surface area contributed by atoms with E-state index < -0.39 is 23.1 Å². The first-order valence-corrected chi connectivity index (χ1v) is 10.2. The predicted molar refractivity (Wildman–Crippen MR) is 103 cm³/mol. The van der Waals surface area contributed by atoms with Gasteiger partial charge in [0.05, 0.1) is 7.11 Å². The molecule has 2 aromatic rings. The first-order valence-electron chi connectivity index (χ1n) is 10.2. The van der Waals surface area contributed by atoms with Gasteiger partial charge in [-0.1, -0.05) is 55.5 Å². The summed E-state index contributed by atoms with van der Waals surface area (Å²) in [5, 5.41) is 0. The first-order chi connectivity index (χ1) is 14.1. The molecule has 0 saturated carbocycles. The molecule has 5 heteroatoms. The summed E-state index contributed by atoms with van der Waals surface area (Å²) in [6.07, 6.45) is 0.449. The highest BCUT2D eigenvalue weighted by atomic mass is 16.7. The second-order valence-corrected chi connectivity index (χ2v) is 8.54. The molecule has 2 fully saturated rings. The lowest BCUT2D eigenvalue weighted by molar-refractivity contribution is -0.174. The number of benzene rings is 2. The van der Waals surface area contributed by atoms with Crippen LogP contribution in [0.5, 0.6) is 0 Å². The average molecular weight is 390 g/mol. The Hall–Kier alpha value is -2.66. The number of fused-ring (bicyclic) bond motifs is 3. The smallest absolute Gasteiger partial charge is 0.342 e. The number of ether oxygens (including phenoxy) is 3. The van der Waals surface area contributed by atoms with Gasteiger partial charge in [0.15, 0.2) is 0 Å². The molecule has 7 rings (SSSR count). The summed E-state index contributed by atoms with van der Waals surface area (Å²) in [4.78, 5) is 26.7. The molecular weight excluding hydrogens is 368 g/mol. The maximum Gasteiger partial charge on any atom is 0.342 e. The molecule has 5 nitrogen and oxygen atoms in total. The van der Waals surface area contributed by atoms with Crippen molar-refractivity contribution < 1.29 is 23.8 Å². The number of carbonyl (C=O) groups is 2. The Morgan fingerprint density at radius 2 is 1.66 bits per heavy atom. The van der Waals surface area contributed by atoms with Gasteiger partial charge < -0.3 is 14.2 Å². The van der Waals surface area contributed by atoms with Crippen molar-refractivity contribution in [3.8, 4) is 0 Å². The van der Waals surface area contributed by atoms with Crippen molar-refractivity contribution in [3.05, 3.63) is 70.8 Å². The van der Waals surface area contributed by atoms with E-state index in [4.69, 9.17) is 14.2 Å². The number of carbonyl (C=O) groups excluding carboxylic acids is 2. The molecule has 0 spiro atoms. The zero-order chi connectivity index (χ0) is 20.0. The van der Waals surface area contributed by atoms with Crippen molar-refractivity contribution in [1.82, 2.24) is 0 Å². The Labute approximate surface area is 169 Å². The minimum Gasteiger partial charge on any atom is -0.468 e. The van der Waals surface area contributed by atoms with Crippen LogP contribution in [0.4, 0.5) is 0 Å². The van der Waals surface area contributed by atoms with E-state index in [1.54, 1.807) is 0 Å². The van der Waals surface area contributed by atoms with Crippen molar-refractivity contribution in [3.63, 3.8) is 0 Å².